The van der Waals surface area contributed by atoms with Gasteiger partial charge in [-0.3, -0.25) is 4.21 Å². The number of halogens is 1. The molecular weight excluding hydrogens is 242 g/mol. The van der Waals surface area contributed by atoms with Gasteiger partial charge in [0.05, 0.1) is 5.25 Å². The number of rotatable bonds is 1. The summed E-state index contributed by atoms with van der Waals surface area (Å²) < 4.78 is 12.0. The number of benzene rings is 1. The maximum Gasteiger partial charge on any atom is 0.0517 e. The molecule has 2 rings (SSSR count). The molecule has 0 spiro atoms. The molecule has 4 heteroatoms. The van der Waals surface area contributed by atoms with Crippen LogP contribution >= 0.6 is 11.6 Å². The summed E-state index contributed by atoms with van der Waals surface area (Å²) in [5.41, 5.74) is 1.13. The van der Waals surface area contributed by atoms with Gasteiger partial charge in [-0.2, -0.15) is 0 Å². The first-order valence-corrected chi connectivity index (χ1v) is 7.13. The third-order valence-corrected chi connectivity index (χ3v) is 5.27. The molecule has 0 amide bonds. The monoisotopic (exact) mass is 257 g/mol. The van der Waals surface area contributed by atoms with Crippen LogP contribution in [-0.2, 0) is 10.8 Å². The van der Waals surface area contributed by atoms with Crippen molar-refractivity contribution in [1.29, 1.82) is 0 Å². The second kappa shape index (κ2) is 4.86. The van der Waals surface area contributed by atoms with Crippen molar-refractivity contribution in [2.75, 3.05) is 6.54 Å². The minimum Gasteiger partial charge on any atom is -0.308 e. The predicted molar refractivity (Wildman–Crippen MR) is 69.3 cm³/mol. The third-order valence-electron chi connectivity index (χ3n) is 3.07. The summed E-state index contributed by atoms with van der Waals surface area (Å²) >= 11 is 5.97. The van der Waals surface area contributed by atoms with Gasteiger partial charge in [0.25, 0.3) is 0 Å². The van der Waals surface area contributed by atoms with E-state index in [0.29, 0.717) is 0 Å². The van der Waals surface area contributed by atoms with E-state index in [2.05, 4.69) is 5.32 Å². The molecule has 1 aliphatic rings. The Bertz CT molecular complexity index is 410. The molecule has 1 aromatic rings. The fourth-order valence-electron chi connectivity index (χ4n) is 2.13. The van der Waals surface area contributed by atoms with E-state index in [1.54, 1.807) is 0 Å². The van der Waals surface area contributed by atoms with Gasteiger partial charge in [0.2, 0.25) is 0 Å². The Balaban J connectivity index is 2.25. The lowest BCUT2D eigenvalue weighted by molar-refractivity contribution is 0.489. The summed E-state index contributed by atoms with van der Waals surface area (Å²) in [6.07, 6.45) is 0. The van der Waals surface area contributed by atoms with E-state index >= 15 is 0 Å². The molecular formula is C12H16ClNOS. The highest BCUT2D eigenvalue weighted by molar-refractivity contribution is 7.86. The molecule has 1 fully saturated rings. The quantitative estimate of drug-likeness (QED) is 0.838. The first-order chi connectivity index (χ1) is 7.59. The van der Waals surface area contributed by atoms with Crippen molar-refractivity contribution in [2.24, 2.45) is 0 Å². The van der Waals surface area contributed by atoms with Crippen LogP contribution in [0.3, 0.4) is 0 Å². The zero-order valence-corrected chi connectivity index (χ0v) is 11.0. The van der Waals surface area contributed by atoms with Crippen LogP contribution in [0.15, 0.2) is 24.3 Å². The normalized spacial score (nSPS) is 34.9. The van der Waals surface area contributed by atoms with Crippen LogP contribution in [-0.4, -0.2) is 21.3 Å². The minimum absolute atomic E-state index is 0.127. The van der Waals surface area contributed by atoms with E-state index in [0.717, 1.165) is 17.1 Å². The van der Waals surface area contributed by atoms with E-state index in [1.807, 2.05) is 38.1 Å². The second-order valence-corrected chi connectivity index (χ2v) is 6.93. The predicted octanol–water partition coefficient (Wildman–Crippen LogP) is 2.51. The van der Waals surface area contributed by atoms with Crippen LogP contribution in [0.2, 0.25) is 5.02 Å². The van der Waals surface area contributed by atoms with E-state index < -0.39 is 10.8 Å². The van der Waals surface area contributed by atoms with Gasteiger partial charge in [-0.15, -0.1) is 0 Å². The van der Waals surface area contributed by atoms with Crippen molar-refractivity contribution in [3.63, 3.8) is 0 Å². The summed E-state index contributed by atoms with van der Waals surface area (Å²) in [6.45, 7) is 4.85. The molecule has 88 valence electrons. The lowest BCUT2D eigenvalue weighted by Gasteiger charge is -2.33. The Labute approximate surface area is 104 Å². The Morgan fingerprint density at radius 2 is 2.19 bits per heavy atom. The van der Waals surface area contributed by atoms with Gasteiger partial charge < -0.3 is 5.32 Å². The average molecular weight is 258 g/mol. The van der Waals surface area contributed by atoms with Crippen molar-refractivity contribution >= 4 is 22.4 Å². The molecule has 1 aromatic carbocycles. The molecule has 0 aliphatic carbocycles. The minimum atomic E-state index is -0.772. The Morgan fingerprint density at radius 1 is 1.44 bits per heavy atom. The Kier molecular flexibility index (Phi) is 3.67. The van der Waals surface area contributed by atoms with Gasteiger partial charge in [0, 0.05) is 33.7 Å². The second-order valence-electron chi connectivity index (χ2n) is 4.29. The summed E-state index contributed by atoms with van der Waals surface area (Å²) in [6, 6.07) is 7.93. The molecule has 0 bridgehead atoms. The van der Waals surface area contributed by atoms with Gasteiger partial charge in [-0.25, -0.2) is 0 Å². The largest absolute Gasteiger partial charge is 0.308 e. The van der Waals surface area contributed by atoms with Gasteiger partial charge in [0.1, 0.15) is 0 Å². The molecule has 1 N–H and O–H groups in total. The Morgan fingerprint density at radius 3 is 2.88 bits per heavy atom. The first-order valence-electron chi connectivity index (χ1n) is 5.48. The van der Waals surface area contributed by atoms with Crippen LogP contribution in [0.5, 0.6) is 0 Å². The zero-order valence-electron chi connectivity index (χ0n) is 9.44. The summed E-state index contributed by atoms with van der Waals surface area (Å²) in [4.78, 5) is 0. The molecule has 0 radical (unpaired) electrons. The van der Waals surface area contributed by atoms with E-state index in [4.69, 9.17) is 11.6 Å². The van der Waals surface area contributed by atoms with Crippen molar-refractivity contribution in [3.05, 3.63) is 34.9 Å². The molecule has 4 atom stereocenters. The van der Waals surface area contributed by atoms with E-state index in [-0.39, 0.29) is 16.5 Å². The molecule has 1 saturated heterocycles. The average Bonchev–Trinajstić information content (AvgIpc) is 2.26. The van der Waals surface area contributed by atoms with Crippen molar-refractivity contribution in [1.82, 2.24) is 5.32 Å². The van der Waals surface area contributed by atoms with Gasteiger partial charge in [0.15, 0.2) is 0 Å². The van der Waals surface area contributed by atoms with E-state index in [1.165, 1.54) is 0 Å². The van der Waals surface area contributed by atoms with Crippen LogP contribution in [0.4, 0.5) is 0 Å². The molecule has 1 heterocycles. The summed E-state index contributed by atoms with van der Waals surface area (Å²) in [7, 11) is -0.772. The highest BCUT2D eigenvalue weighted by Crippen LogP contribution is 2.27. The van der Waals surface area contributed by atoms with Gasteiger partial charge in [-0.05, 0) is 31.5 Å². The SMILES string of the molecule is CC1CNC(c2cccc(Cl)c2)C(C)S1=O. The van der Waals surface area contributed by atoms with Crippen LogP contribution < -0.4 is 5.32 Å². The van der Waals surface area contributed by atoms with Crippen LogP contribution in [0.25, 0.3) is 0 Å². The standard InChI is InChI=1S/C12H16ClNOS/c1-8-7-14-12(9(2)16(8)15)10-4-3-5-11(13)6-10/h3-6,8-9,12,14H,7H2,1-2H3. The Hall–Kier alpha value is -0.380. The van der Waals surface area contributed by atoms with Crippen molar-refractivity contribution in [2.45, 2.75) is 30.4 Å². The lowest BCUT2D eigenvalue weighted by atomic mass is 10.0. The number of hydrogen-bond donors (Lipinski definition) is 1. The van der Waals surface area contributed by atoms with Crippen LogP contribution in [0, 0.1) is 0 Å². The van der Waals surface area contributed by atoms with Gasteiger partial charge in [-0.1, -0.05) is 23.7 Å². The fraction of sp³-hybridized carbons (Fsp3) is 0.500. The summed E-state index contributed by atoms with van der Waals surface area (Å²) in [5, 5.41) is 4.53. The van der Waals surface area contributed by atoms with Gasteiger partial charge >= 0.3 is 0 Å². The topological polar surface area (TPSA) is 29.1 Å². The molecule has 2 nitrogen and oxygen atoms in total. The fourth-order valence-corrected chi connectivity index (χ4v) is 3.84. The molecule has 16 heavy (non-hydrogen) atoms. The lowest BCUT2D eigenvalue weighted by Crippen LogP contribution is -2.46. The molecule has 4 unspecified atom stereocenters. The van der Waals surface area contributed by atoms with Crippen molar-refractivity contribution in [3.8, 4) is 0 Å². The molecule has 1 aliphatic heterocycles. The molecule has 0 saturated carbocycles. The van der Waals surface area contributed by atoms with Crippen molar-refractivity contribution < 1.29 is 4.21 Å². The third kappa shape index (κ3) is 2.31. The summed E-state index contributed by atoms with van der Waals surface area (Å²) in [5.74, 6) is 0. The maximum atomic E-state index is 12.0. The first kappa shape index (κ1) is 12.1. The smallest absolute Gasteiger partial charge is 0.0517 e. The zero-order chi connectivity index (χ0) is 11.7. The van der Waals surface area contributed by atoms with Crippen LogP contribution in [0.1, 0.15) is 25.5 Å². The maximum absolute atomic E-state index is 12.0. The highest BCUT2D eigenvalue weighted by atomic mass is 35.5. The van der Waals surface area contributed by atoms with E-state index in [9.17, 15) is 4.21 Å². The number of nitrogens with one attached hydrogen (secondary N) is 1. The molecule has 0 aromatic heterocycles. The highest BCUT2D eigenvalue weighted by Gasteiger charge is 2.32. The number of hydrogen-bond acceptors (Lipinski definition) is 2.